The predicted octanol–water partition coefficient (Wildman–Crippen LogP) is 2.72. The van der Waals surface area contributed by atoms with Crippen molar-refractivity contribution in [2.24, 2.45) is 0 Å². The normalized spacial score (nSPS) is 16.4. The summed E-state index contributed by atoms with van der Waals surface area (Å²) in [7, 11) is -4.67. The van der Waals surface area contributed by atoms with Crippen LogP contribution in [-0.2, 0) is 21.7 Å². The second kappa shape index (κ2) is 6.81. The minimum atomic E-state index is -4.67. The van der Waals surface area contributed by atoms with Gasteiger partial charge in [-0.2, -0.15) is 8.42 Å². The number of benzene rings is 1. The van der Waals surface area contributed by atoms with Crippen LogP contribution in [0.25, 0.3) is 0 Å². The third-order valence-electron chi connectivity index (χ3n) is 3.22. The van der Waals surface area contributed by atoms with Crippen molar-refractivity contribution in [3.63, 3.8) is 0 Å². The average Bonchev–Trinajstić information content (AvgIpc) is 2.86. The number of hydrogen-bond donors (Lipinski definition) is 3. The topological polar surface area (TPSA) is 117 Å². The molecule has 9 heteroatoms. The summed E-state index contributed by atoms with van der Waals surface area (Å²) in [4.78, 5) is 4.19. The summed E-state index contributed by atoms with van der Waals surface area (Å²) in [6.07, 6.45) is 1.60. The number of halogens is 1. The second-order valence-electron chi connectivity index (χ2n) is 4.82. The van der Waals surface area contributed by atoms with Crippen LogP contribution in [-0.4, -0.2) is 27.6 Å². The number of nitrogens with zero attached hydrogens (tertiary/aromatic N) is 1. The molecule has 0 fully saturated rings. The summed E-state index contributed by atoms with van der Waals surface area (Å²) in [5.41, 5.74) is 3.42. The zero-order valence-electron chi connectivity index (χ0n) is 12.0. The lowest BCUT2D eigenvalue weighted by molar-refractivity contribution is 0.0932. The summed E-state index contributed by atoms with van der Waals surface area (Å²) in [6, 6.07) is 7.53. The Morgan fingerprint density at radius 1 is 1.26 bits per heavy atom. The molecule has 0 saturated carbocycles. The Morgan fingerprint density at radius 2 is 1.83 bits per heavy atom. The van der Waals surface area contributed by atoms with Gasteiger partial charge in [-0.05, 0) is 24.6 Å². The van der Waals surface area contributed by atoms with Gasteiger partial charge < -0.3 is 9.84 Å². The smallest absolute Gasteiger partial charge is 0.394 e. The Hall–Kier alpha value is -1.71. The number of hydrogen-bond acceptors (Lipinski definition) is 5. The Balaban J connectivity index is 0.000000338. The molecule has 0 saturated heterocycles. The highest BCUT2D eigenvalue weighted by atomic mass is 35.5. The zero-order chi connectivity index (χ0) is 17.2. The second-order valence-corrected chi connectivity index (χ2v) is 6.15. The molecule has 23 heavy (non-hydrogen) atoms. The summed E-state index contributed by atoms with van der Waals surface area (Å²) in [5.74, 6) is 0.240. The fraction of sp³-hybridized carbons (Fsp3) is 0.214. The van der Waals surface area contributed by atoms with E-state index in [2.05, 4.69) is 4.98 Å². The van der Waals surface area contributed by atoms with Crippen LogP contribution in [0.4, 0.5) is 0 Å². The van der Waals surface area contributed by atoms with Crippen LogP contribution in [0.3, 0.4) is 0 Å². The number of rotatable bonds is 1. The van der Waals surface area contributed by atoms with E-state index in [0.717, 1.165) is 16.7 Å². The summed E-state index contributed by atoms with van der Waals surface area (Å²) in [5, 5.41) is 10.7. The van der Waals surface area contributed by atoms with Crippen molar-refractivity contribution >= 4 is 22.0 Å². The van der Waals surface area contributed by atoms with Crippen molar-refractivity contribution in [3.05, 3.63) is 57.9 Å². The Bertz CT molecular complexity index is 799. The molecule has 1 aromatic heterocycles. The summed E-state index contributed by atoms with van der Waals surface area (Å²) >= 11 is 5.87. The van der Waals surface area contributed by atoms with Crippen molar-refractivity contribution in [1.82, 2.24) is 4.98 Å². The minimum absolute atomic E-state index is 0.170. The van der Waals surface area contributed by atoms with E-state index in [1.54, 1.807) is 13.1 Å². The standard InChI is InChI=1S/C14H12ClNO2.H2O4S/c1-8-13(17)12-7-18-14(11(12)6-16-8)9-2-4-10(15)5-3-9;1-5(2,3)4/h2-6,14,17H,7H2,1H3;(H2,1,2,3,4). The predicted molar refractivity (Wildman–Crippen MR) is 82.9 cm³/mol. The van der Waals surface area contributed by atoms with Crippen LogP contribution in [0.5, 0.6) is 5.75 Å². The molecule has 1 atom stereocenters. The van der Waals surface area contributed by atoms with E-state index in [9.17, 15) is 5.11 Å². The maximum absolute atomic E-state index is 9.96. The lowest BCUT2D eigenvalue weighted by atomic mass is 10.0. The van der Waals surface area contributed by atoms with E-state index in [1.807, 2.05) is 24.3 Å². The fourth-order valence-corrected chi connectivity index (χ4v) is 2.33. The molecule has 1 aromatic carbocycles. The van der Waals surface area contributed by atoms with E-state index in [4.69, 9.17) is 33.9 Å². The van der Waals surface area contributed by atoms with Gasteiger partial charge in [0, 0.05) is 22.3 Å². The van der Waals surface area contributed by atoms with Gasteiger partial charge in [0.05, 0.1) is 12.3 Å². The number of aryl methyl sites for hydroxylation is 1. The van der Waals surface area contributed by atoms with Gasteiger partial charge in [0.1, 0.15) is 11.9 Å². The third kappa shape index (κ3) is 4.63. The van der Waals surface area contributed by atoms with E-state index < -0.39 is 10.4 Å². The van der Waals surface area contributed by atoms with Gasteiger partial charge >= 0.3 is 10.4 Å². The van der Waals surface area contributed by atoms with Crippen molar-refractivity contribution in [2.45, 2.75) is 19.6 Å². The maximum atomic E-state index is 9.96. The SMILES string of the molecule is Cc1ncc2c(c1O)COC2c1ccc(Cl)cc1.O=S(=O)(O)O. The molecule has 7 nitrogen and oxygen atoms in total. The zero-order valence-corrected chi connectivity index (χ0v) is 13.5. The molecular formula is C14H14ClNO6S. The van der Waals surface area contributed by atoms with E-state index >= 15 is 0 Å². The highest BCUT2D eigenvalue weighted by Gasteiger charge is 2.28. The number of pyridine rings is 1. The first kappa shape index (κ1) is 17.6. The molecule has 2 aromatic rings. The van der Waals surface area contributed by atoms with E-state index in [-0.39, 0.29) is 11.9 Å². The first-order chi connectivity index (χ1) is 10.7. The van der Waals surface area contributed by atoms with E-state index in [0.29, 0.717) is 17.3 Å². The van der Waals surface area contributed by atoms with Gasteiger partial charge in [0.25, 0.3) is 0 Å². The lowest BCUT2D eigenvalue weighted by Gasteiger charge is -2.11. The Labute approximate surface area is 138 Å². The highest BCUT2D eigenvalue weighted by Crippen LogP contribution is 2.40. The molecule has 0 spiro atoms. The monoisotopic (exact) mass is 359 g/mol. The van der Waals surface area contributed by atoms with Gasteiger partial charge in [0.2, 0.25) is 0 Å². The van der Waals surface area contributed by atoms with Crippen molar-refractivity contribution in [3.8, 4) is 5.75 Å². The number of aromatic hydroxyl groups is 1. The molecule has 1 aliphatic rings. The third-order valence-corrected chi connectivity index (χ3v) is 3.48. The van der Waals surface area contributed by atoms with Crippen molar-refractivity contribution < 1.29 is 27.4 Å². The molecule has 2 heterocycles. The van der Waals surface area contributed by atoms with Crippen molar-refractivity contribution in [1.29, 1.82) is 0 Å². The number of ether oxygens (including phenoxy) is 1. The van der Waals surface area contributed by atoms with Crippen molar-refractivity contribution in [2.75, 3.05) is 0 Å². The molecule has 3 rings (SSSR count). The van der Waals surface area contributed by atoms with Gasteiger partial charge in [-0.15, -0.1) is 0 Å². The Kier molecular flexibility index (Phi) is 5.23. The maximum Gasteiger partial charge on any atom is 0.394 e. The minimum Gasteiger partial charge on any atom is -0.506 e. The number of aromatic nitrogens is 1. The average molecular weight is 360 g/mol. The molecular weight excluding hydrogens is 346 g/mol. The van der Waals surface area contributed by atoms with Crippen LogP contribution in [0.1, 0.15) is 28.5 Å². The Morgan fingerprint density at radius 3 is 2.39 bits per heavy atom. The molecule has 0 radical (unpaired) electrons. The van der Waals surface area contributed by atoms with Gasteiger partial charge in [-0.1, -0.05) is 23.7 Å². The quantitative estimate of drug-likeness (QED) is 0.670. The molecule has 0 amide bonds. The molecule has 0 aliphatic carbocycles. The molecule has 1 aliphatic heterocycles. The first-order valence-corrected chi connectivity index (χ1v) is 8.18. The van der Waals surface area contributed by atoms with E-state index in [1.165, 1.54) is 0 Å². The molecule has 0 bridgehead atoms. The van der Waals surface area contributed by atoms with Gasteiger partial charge in [0.15, 0.2) is 0 Å². The van der Waals surface area contributed by atoms with Crippen LogP contribution < -0.4 is 0 Å². The molecule has 3 N–H and O–H groups in total. The van der Waals surface area contributed by atoms with Crippen LogP contribution in [0.2, 0.25) is 5.02 Å². The van der Waals surface area contributed by atoms with Gasteiger partial charge in [-0.25, -0.2) is 0 Å². The lowest BCUT2D eigenvalue weighted by Crippen LogP contribution is -1.99. The largest absolute Gasteiger partial charge is 0.506 e. The number of fused-ring (bicyclic) bond motifs is 1. The van der Waals surface area contributed by atoms with Crippen LogP contribution in [0, 0.1) is 6.92 Å². The first-order valence-electron chi connectivity index (χ1n) is 6.41. The summed E-state index contributed by atoms with van der Waals surface area (Å²) < 4.78 is 37.3. The molecule has 124 valence electrons. The molecule has 1 unspecified atom stereocenters. The van der Waals surface area contributed by atoms with Crippen LogP contribution >= 0.6 is 11.6 Å². The van der Waals surface area contributed by atoms with Gasteiger partial charge in [-0.3, -0.25) is 14.1 Å². The fourth-order valence-electron chi connectivity index (χ4n) is 2.21. The summed E-state index contributed by atoms with van der Waals surface area (Å²) in [6.45, 7) is 2.20. The van der Waals surface area contributed by atoms with Crippen LogP contribution in [0.15, 0.2) is 30.5 Å². The highest BCUT2D eigenvalue weighted by molar-refractivity contribution is 7.79.